The lowest BCUT2D eigenvalue weighted by atomic mass is 9.79. The van der Waals surface area contributed by atoms with E-state index >= 15 is 0 Å². The van der Waals surface area contributed by atoms with Crippen LogP contribution in [0.15, 0.2) is 170 Å². The number of hydrogen-bond donors (Lipinski definition) is 0. The second-order valence-electron chi connectivity index (χ2n) is 14.6. The summed E-state index contributed by atoms with van der Waals surface area (Å²) < 4.78 is 1.31. The van der Waals surface area contributed by atoms with Gasteiger partial charge in [-0.15, -0.1) is 11.3 Å². The summed E-state index contributed by atoms with van der Waals surface area (Å²) in [6.07, 6.45) is 22.9. The average Bonchev–Trinajstić information content (AvgIpc) is 3.65. The van der Waals surface area contributed by atoms with Gasteiger partial charge in [0.1, 0.15) is 0 Å². The number of fused-ring (bicyclic) bond motifs is 7. The minimum Gasteiger partial charge on any atom is -0.321 e. The zero-order valence-electron chi connectivity index (χ0n) is 30.5. The van der Waals surface area contributed by atoms with E-state index in [1.165, 1.54) is 70.6 Å². The van der Waals surface area contributed by atoms with Crippen molar-refractivity contribution in [3.05, 3.63) is 209 Å². The lowest BCUT2D eigenvalue weighted by Gasteiger charge is -2.27. The summed E-state index contributed by atoms with van der Waals surface area (Å²) >= 11 is 1.79. The molecule has 0 saturated carbocycles. The Labute approximate surface area is 322 Å². The van der Waals surface area contributed by atoms with E-state index in [1.54, 1.807) is 11.3 Å². The minimum atomic E-state index is 0.324. The minimum absolute atomic E-state index is 0.324. The van der Waals surface area contributed by atoms with Gasteiger partial charge in [0.25, 0.3) is 0 Å². The van der Waals surface area contributed by atoms with Crippen molar-refractivity contribution in [3.8, 4) is 0 Å². The third-order valence-electron chi connectivity index (χ3n) is 11.2. The highest BCUT2D eigenvalue weighted by atomic mass is 32.1. The molecule has 1 nitrogen and oxygen atoms in total. The van der Waals surface area contributed by atoms with E-state index in [2.05, 4.69) is 187 Å². The molecule has 7 aromatic rings. The highest BCUT2D eigenvalue weighted by Crippen LogP contribution is 2.38. The summed E-state index contributed by atoms with van der Waals surface area (Å²) in [5, 5.41) is 8.59. The van der Waals surface area contributed by atoms with Crippen LogP contribution >= 0.6 is 11.3 Å². The molecule has 0 N–H and O–H groups in total. The molecule has 0 radical (unpaired) electrons. The number of anilines is 1. The molecule has 1 atom stereocenters. The first kappa shape index (κ1) is 33.8. The third kappa shape index (κ3) is 6.70. The summed E-state index contributed by atoms with van der Waals surface area (Å²) in [5.41, 5.74) is 12.9. The number of allylic oxidation sites excluding steroid dienone is 6. The Balaban J connectivity index is 0.985. The van der Waals surface area contributed by atoms with Gasteiger partial charge in [0.05, 0.1) is 0 Å². The van der Waals surface area contributed by atoms with E-state index in [0.717, 1.165) is 49.1 Å². The maximum Gasteiger partial charge on any atom is 0.0454 e. The van der Waals surface area contributed by atoms with Gasteiger partial charge in [-0.3, -0.25) is 0 Å². The van der Waals surface area contributed by atoms with Crippen LogP contribution in [-0.2, 0) is 12.8 Å². The molecule has 54 heavy (non-hydrogen) atoms. The molecule has 1 heterocycles. The van der Waals surface area contributed by atoms with Crippen LogP contribution in [0.5, 0.6) is 0 Å². The molecule has 0 spiro atoms. The van der Waals surface area contributed by atoms with Crippen molar-refractivity contribution < 1.29 is 0 Å². The van der Waals surface area contributed by atoms with E-state index in [9.17, 15) is 0 Å². The predicted octanol–water partition coefficient (Wildman–Crippen LogP) is 14.6. The van der Waals surface area contributed by atoms with Crippen LogP contribution in [0.3, 0.4) is 0 Å². The topological polar surface area (TPSA) is 3.24 Å². The Kier molecular flexibility index (Phi) is 9.29. The zero-order chi connectivity index (χ0) is 36.4. The standard InChI is InChI=1S/C52H43NS/c1-36(42-29-27-40-25-23-38-12-3-5-17-47(38)50(40)33-42)21-22-37(2)53(31-10-9-14-45-35-54-52-20-8-7-19-49(45)52)46-16-11-15-43(32-46)44-30-28-41-26-24-39-13-4-6-18-48(39)51(41)34-44/h3-5,7-17,19-20,23-33,35,44H,1-2,6,18,21-22,34H2/b14-9-,31-10+. The third-order valence-corrected chi connectivity index (χ3v) is 12.2. The summed E-state index contributed by atoms with van der Waals surface area (Å²) in [7, 11) is 0. The average molecular weight is 714 g/mol. The molecule has 0 bridgehead atoms. The highest BCUT2D eigenvalue weighted by Gasteiger charge is 2.21. The maximum atomic E-state index is 4.67. The van der Waals surface area contributed by atoms with Gasteiger partial charge in [0, 0.05) is 28.2 Å². The molecule has 1 unspecified atom stereocenters. The van der Waals surface area contributed by atoms with Crippen LogP contribution in [-0.4, -0.2) is 0 Å². The smallest absolute Gasteiger partial charge is 0.0454 e. The lowest BCUT2D eigenvalue weighted by Crippen LogP contribution is -2.16. The summed E-state index contributed by atoms with van der Waals surface area (Å²) in [4.78, 5) is 2.27. The Hall–Kier alpha value is -5.96. The highest BCUT2D eigenvalue weighted by molar-refractivity contribution is 7.17. The molecule has 2 aliphatic rings. The van der Waals surface area contributed by atoms with Gasteiger partial charge in [-0.25, -0.2) is 0 Å². The molecule has 2 aliphatic carbocycles. The molecule has 0 saturated heterocycles. The number of benzene rings is 6. The van der Waals surface area contributed by atoms with Gasteiger partial charge in [-0.2, -0.15) is 0 Å². The maximum absolute atomic E-state index is 4.67. The van der Waals surface area contributed by atoms with Crippen LogP contribution < -0.4 is 4.90 Å². The van der Waals surface area contributed by atoms with E-state index in [0.29, 0.717) is 5.92 Å². The fraction of sp³-hybridized carbons (Fsp3) is 0.115. The molecule has 0 aliphatic heterocycles. The fourth-order valence-electron chi connectivity index (χ4n) is 8.24. The van der Waals surface area contributed by atoms with Crippen LogP contribution in [0.1, 0.15) is 64.1 Å². The van der Waals surface area contributed by atoms with Crippen LogP contribution in [0.2, 0.25) is 0 Å². The number of hydrogen-bond acceptors (Lipinski definition) is 2. The predicted molar refractivity (Wildman–Crippen MR) is 237 cm³/mol. The van der Waals surface area contributed by atoms with E-state index in [4.69, 9.17) is 0 Å². The Morgan fingerprint density at radius 1 is 0.722 bits per heavy atom. The van der Waals surface area contributed by atoms with E-state index < -0.39 is 0 Å². The Morgan fingerprint density at radius 2 is 1.52 bits per heavy atom. The Bertz CT molecular complexity index is 2700. The van der Waals surface area contributed by atoms with Crippen molar-refractivity contribution in [3.63, 3.8) is 0 Å². The van der Waals surface area contributed by atoms with Gasteiger partial charge < -0.3 is 4.90 Å². The molecule has 0 fully saturated rings. The molecular weight excluding hydrogens is 671 g/mol. The fourth-order valence-corrected chi connectivity index (χ4v) is 9.17. The zero-order valence-corrected chi connectivity index (χ0v) is 31.4. The first-order chi connectivity index (χ1) is 26.6. The quantitative estimate of drug-likeness (QED) is 0.101. The summed E-state index contributed by atoms with van der Waals surface area (Å²) in [6.45, 7) is 9.24. The van der Waals surface area contributed by atoms with Gasteiger partial charge in [0.15, 0.2) is 0 Å². The van der Waals surface area contributed by atoms with Crippen LogP contribution in [0.4, 0.5) is 5.69 Å². The van der Waals surface area contributed by atoms with Crippen molar-refractivity contribution in [2.24, 2.45) is 0 Å². The molecular formula is C52H43NS. The first-order valence-electron chi connectivity index (χ1n) is 19.1. The van der Waals surface area contributed by atoms with Crippen LogP contribution in [0.25, 0.3) is 55.4 Å². The largest absolute Gasteiger partial charge is 0.321 e. The van der Waals surface area contributed by atoms with Crippen molar-refractivity contribution in [2.45, 2.75) is 38.0 Å². The van der Waals surface area contributed by atoms with E-state index in [-0.39, 0.29) is 0 Å². The summed E-state index contributed by atoms with van der Waals surface area (Å²) in [6, 6.07) is 42.1. The van der Waals surface area contributed by atoms with Gasteiger partial charge in [-0.1, -0.05) is 141 Å². The summed E-state index contributed by atoms with van der Waals surface area (Å²) in [5.74, 6) is 0.324. The SMILES string of the molecule is C=C(CCC(=C)N(/C=C/C=C\c1csc2ccccc12)c1cccc(C2C=Cc3ccc4c(c3C2)CCC=C4)c1)c1ccc2ccc3ccccc3c2c1. The molecule has 9 rings (SSSR count). The van der Waals surface area contributed by atoms with Crippen molar-refractivity contribution in [1.82, 2.24) is 0 Å². The van der Waals surface area contributed by atoms with Gasteiger partial charge >= 0.3 is 0 Å². The number of thiophene rings is 1. The molecule has 262 valence electrons. The van der Waals surface area contributed by atoms with Crippen LogP contribution in [0, 0.1) is 0 Å². The van der Waals surface area contributed by atoms with Gasteiger partial charge in [-0.05, 0) is 139 Å². The number of nitrogens with zero attached hydrogens (tertiary/aromatic N) is 1. The molecule has 6 aromatic carbocycles. The first-order valence-corrected chi connectivity index (χ1v) is 19.9. The normalized spacial score (nSPS) is 15.0. The molecule has 2 heteroatoms. The number of rotatable bonds is 10. The molecule has 1 aromatic heterocycles. The second-order valence-corrected chi connectivity index (χ2v) is 15.5. The van der Waals surface area contributed by atoms with E-state index in [1.807, 2.05) is 0 Å². The van der Waals surface area contributed by atoms with Crippen molar-refractivity contribution >= 4 is 72.5 Å². The lowest BCUT2D eigenvalue weighted by molar-refractivity contribution is 0.805. The Morgan fingerprint density at radius 3 is 2.43 bits per heavy atom. The van der Waals surface area contributed by atoms with Crippen molar-refractivity contribution in [2.75, 3.05) is 4.90 Å². The van der Waals surface area contributed by atoms with Crippen molar-refractivity contribution in [1.29, 1.82) is 0 Å². The second kappa shape index (κ2) is 14.8. The van der Waals surface area contributed by atoms with Gasteiger partial charge in [0.2, 0.25) is 0 Å². The molecule has 0 amide bonds. The monoisotopic (exact) mass is 713 g/mol.